The summed E-state index contributed by atoms with van der Waals surface area (Å²) < 4.78 is 64.6. The lowest BCUT2D eigenvalue weighted by Crippen LogP contribution is -2.44. The van der Waals surface area contributed by atoms with Gasteiger partial charge in [0.15, 0.2) is 0 Å². The van der Waals surface area contributed by atoms with Gasteiger partial charge in [0, 0.05) is 26.3 Å². The van der Waals surface area contributed by atoms with Crippen LogP contribution in [-0.4, -0.2) is 41.8 Å². The molecule has 0 radical (unpaired) electrons. The van der Waals surface area contributed by atoms with E-state index in [-0.39, 0.29) is 24.3 Å². The molecule has 1 fully saturated rings. The fourth-order valence-corrected chi connectivity index (χ4v) is 3.62. The number of hydrogen-bond acceptors (Lipinski definition) is 3. The smallest absolute Gasteiger partial charge is 0.274 e. The molecule has 0 aliphatic carbocycles. The molecule has 0 amide bonds. The highest BCUT2D eigenvalue weighted by Crippen LogP contribution is 2.34. The second-order valence-corrected chi connectivity index (χ2v) is 6.53. The molecular formula is C10H14F3N3O2S. The normalized spacial score (nSPS) is 22.6. The van der Waals surface area contributed by atoms with Crippen molar-refractivity contribution in [1.82, 2.24) is 14.1 Å². The van der Waals surface area contributed by atoms with Gasteiger partial charge in [0.2, 0.25) is 10.0 Å². The Balaban J connectivity index is 2.22. The molecule has 1 aliphatic heterocycles. The van der Waals surface area contributed by atoms with Crippen molar-refractivity contribution in [2.75, 3.05) is 13.1 Å². The Hall–Kier alpha value is -1.09. The van der Waals surface area contributed by atoms with Crippen LogP contribution in [0.4, 0.5) is 13.2 Å². The van der Waals surface area contributed by atoms with Crippen LogP contribution in [-0.2, 0) is 17.1 Å². The van der Waals surface area contributed by atoms with Gasteiger partial charge in [0.05, 0.1) is 12.1 Å². The first-order valence-corrected chi connectivity index (χ1v) is 7.21. The topological polar surface area (TPSA) is 55.2 Å². The number of aryl methyl sites for hydroxylation is 1. The number of sulfonamides is 1. The molecule has 1 saturated heterocycles. The van der Waals surface area contributed by atoms with Crippen LogP contribution >= 0.6 is 0 Å². The van der Waals surface area contributed by atoms with Crippen LogP contribution in [0, 0.1) is 5.92 Å². The van der Waals surface area contributed by atoms with E-state index in [1.165, 1.54) is 10.9 Å². The SMILES string of the molecule is Cn1cc(S(=O)(=O)N2CCC[C@@H](C(F)(F)F)C2)cn1. The average Bonchev–Trinajstić information content (AvgIpc) is 2.76. The summed E-state index contributed by atoms with van der Waals surface area (Å²) in [6.07, 6.45) is -1.74. The zero-order valence-corrected chi connectivity index (χ0v) is 11.1. The minimum atomic E-state index is -4.36. The molecule has 0 bridgehead atoms. The van der Waals surface area contributed by atoms with Gasteiger partial charge < -0.3 is 0 Å². The zero-order chi connectivity index (χ0) is 14.3. The second kappa shape index (κ2) is 4.78. The minimum Gasteiger partial charge on any atom is -0.274 e. The number of aromatic nitrogens is 2. The van der Waals surface area contributed by atoms with Gasteiger partial charge in [-0.2, -0.15) is 22.6 Å². The van der Waals surface area contributed by atoms with Crippen LogP contribution < -0.4 is 0 Å². The molecule has 1 aliphatic rings. The van der Waals surface area contributed by atoms with Gasteiger partial charge in [-0.25, -0.2) is 8.42 Å². The number of halogens is 3. The van der Waals surface area contributed by atoms with Crippen LogP contribution in [0.15, 0.2) is 17.3 Å². The first kappa shape index (κ1) is 14.3. The van der Waals surface area contributed by atoms with E-state index in [1.807, 2.05) is 0 Å². The van der Waals surface area contributed by atoms with E-state index in [1.54, 1.807) is 7.05 Å². The maximum Gasteiger partial charge on any atom is 0.393 e. The van der Waals surface area contributed by atoms with Crippen molar-refractivity contribution in [2.45, 2.75) is 23.9 Å². The van der Waals surface area contributed by atoms with Crippen LogP contribution in [0.25, 0.3) is 0 Å². The van der Waals surface area contributed by atoms with Crippen molar-refractivity contribution in [2.24, 2.45) is 13.0 Å². The third-order valence-corrected chi connectivity index (χ3v) is 4.98. The monoisotopic (exact) mass is 297 g/mol. The molecule has 2 rings (SSSR count). The molecule has 0 aromatic carbocycles. The molecule has 1 aromatic heterocycles. The summed E-state index contributed by atoms with van der Waals surface area (Å²) in [5.74, 6) is -1.59. The van der Waals surface area contributed by atoms with Crippen molar-refractivity contribution in [3.8, 4) is 0 Å². The Morgan fingerprint density at radius 3 is 2.63 bits per heavy atom. The molecule has 9 heteroatoms. The van der Waals surface area contributed by atoms with Gasteiger partial charge >= 0.3 is 6.18 Å². The Labute approximate surface area is 109 Å². The first-order chi connectivity index (χ1) is 8.71. The lowest BCUT2D eigenvalue weighted by atomic mass is 9.99. The van der Waals surface area contributed by atoms with Crippen molar-refractivity contribution in [1.29, 1.82) is 0 Å². The van der Waals surface area contributed by atoms with Gasteiger partial charge in [0.1, 0.15) is 4.90 Å². The minimum absolute atomic E-state index is 0.0252. The number of alkyl halides is 3. The summed E-state index contributed by atoms with van der Waals surface area (Å²) >= 11 is 0. The summed E-state index contributed by atoms with van der Waals surface area (Å²) in [4.78, 5) is -0.0715. The van der Waals surface area contributed by atoms with E-state index in [9.17, 15) is 21.6 Å². The largest absolute Gasteiger partial charge is 0.393 e. The fourth-order valence-electron chi connectivity index (χ4n) is 2.11. The summed E-state index contributed by atoms with van der Waals surface area (Å²) in [6.45, 7) is -0.398. The molecular weight excluding hydrogens is 283 g/mol. The molecule has 1 aromatic rings. The lowest BCUT2D eigenvalue weighted by Gasteiger charge is -2.32. The molecule has 0 unspecified atom stereocenters. The quantitative estimate of drug-likeness (QED) is 0.829. The van der Waals surface area contributed by atoms with Crippen molar-refractivity contribution in [3.63, 3.8) is 0 Å². The molecule has 5 nitrogen and oxygen atoms in total. The number of nitrogens with zero attached hydrogens (tertiary/aromatic N) is 3. The molecule has 19 heavy (non-hydrogen) atoms. The van der Waals surface area contributed by atoms with E-state index in [0.717, 1.165) is 10.5 Å². The van der Waals surface area contributed by atoms with Crippen molar-refractivity contribution < 1.29 is 21.6 Å². The van der Waals surface area contributed by atoms with Gasteiger partial charge in [-0.05, 0) is 12.8 Å². The Morgan fingerprint density at radius 1 is 1.42 bits per heavy atom. The van der Waals surface area contributed by atoms with Crippen molar-refractivity contribution in [3.05, 3.63) is 12.4 Å². The Bertz CT molecular complexity index is 553. The third kappa shape index (κ3) is 2.92. The second-order valence-electron chi connectivity index (χ2n) is 4.59. The maximum absolute atomic E-state index is 12.7. The molecule has 0 N–H and O–H groups in total. The molecule has 0 spiro atoms. The standard InChI is InChI=1S/C10H14F3N3O2S/c1-15-7-9(5-14-15)19(17,18)16-4-2-3-8(6-16)10(11,12)13/h5,7-8H,2-4,6H2,1H3/t8-/m1/s1. The molecule has 0 saturated carbocycles. The van der Waals surface area contributed by atoms with Crippen LogP contribution in [0.5, 0.6) is 0 Å². The number of piperidine rings is 1. The number of hydrogen-bond donors (Lipinski definition) is 0. The predicted octanol–water partition coefficient (Wildman–Crippen LogP) is 1.38. The van der Waals surface area contributed by atoms with Crippen LogP contribution in [0.3, 0.4) is 0 Å². The van der Waals surface area contributed by atoms with E-state index in [4.69, 9.17) is 0 Å². The van der Waals surface area contributed by atoms with Crippen molar-refractivity contribution >= 4 is 10.0 Å². The fraction of sp³-hybridized carbons (Fsp3) is 0.700. The lowest BCUT2D eigenvalue weighted by molar-refractivity contribution is -0.182. The first-order valence-electron chi connectivity index (χ1n) is 5.77. The average molecular weight is 297 g/mol. The number of rotatable bonds is 2. The van der Waals surface area contributed by atoms with E-state index < -0.39 is 28.7 Å². The predicted molar refractivity (Wildman–Crippen MR) is 60.7 cm³/mol. The van der Waals surface area contributed by atoms with Gasteiger partial charge in [-0.3, -0.25) is 4.68 Å². The molecule has 108 valence electrons. The molecule has 2 heterocycles. The van der Waals surface area contributed by atoms with E-state index in [2.05, 4.69) is 5.10 Å². The summed E-state index contributed by atoms with van der Waals surface area (Å²) in [6, 6.07) is 0. The van der Waals surface area contributed by atoms with Gasteiger partial charge in [-0.1, -0.05) is 0 Å². The highest BCUT2D eigenvalue weighted by molar-refractivity contribution is 7.89. The summed E-state index contributed by atoms with van der Waals surface area (Å²) in [5.41, 5.74) is 0. The molecule has 1 atom stereocenters. The zero-order valence-electron chi connectivity index (χ0n) is 10.3. The summed E-state index contributed by atoms with van der Waals surface area (Å²) in [7, 11) is -2.34. The summed E-state index contributed by atoms with van der Waals surface area (Å²) in [5, 5.41) is 3.73. The Kier molecular flexibility index (Phi) is 3.61. The van der Waals surface area contributed by atoms with Crippen LogP contribution in [0.1, 0.15) is 12.8 Å². The highest BCUT2D eigenvalue weighted by atomic mass is 32.2. The Morgan fingerprint density at radius 2 is 2.11 bits per heavy atom. The van der Waals surface area contributed by atoms with Gasteiger partial charge in [0.25, 0.3) is 0 Å². The van der Waals surface area contributed by atoms with E-state index in [0.29, 0.717) is 0 Å². The van der Waals surface area contributed by atoms with Gasteiger partial charge in [-0.15, -0.1) is 0 Å². The maximum atomic E-state index is 12.7. The van der Waals surface area contributed by atoms with E-state index >= 15 is 0 Å². The van der Waals surface area contributed by atoms with Crippen LogP contribution in [0.2, 0.25) is 0 Å². The highest BCUT2D eigenvalue weighted by Gasteiger charge is 2.44. The third-order valence-electron chi connectivity index (χ3n) is 3.17.